The molecule has 4 rings (SSSR count). The van der Waals surface area contributed by atoms with Crippen molar-refractivity contribution in [3.8, 4) is 0 Å². The van der Waals surface area contributed by atoms with Crippen molar-refractivity contribution in [2.75, 3.05) is 32.8 Å². The van der Waals surface area contributed by atoms with E-state index in [1.54, 1.807) is 5.06 Å². The summed E-state index contributed by atoms with van der Waals surface area (Å²) in [7, 11) is 1.93. The molecule has 0 bridgehead atoms. The summed E-state index contributed by atoms with van der Waals surface area (Å²) in [6, 6.07) is 0. The van der Waals surface area contributed by atoms with Gasteiger partial charge in [0.25, 0.3) is 5.91 Å². The number of fused-ring (bicyclic) bond motifs is 1. The summed E-state index contributed by atoms with van der Waals surface area (Å²) < 4.78 is 39.5. The van der Waals surface area contributed by atoms with Crippen LogP contribution in [0.2, 0.25) is 0 Å². The monoisotopic (exact) mass is 448 g/mol. The number of carboxylic acids is 1. The van der Waals surface area contributed by atoms with Gasteiger partial charge in [0.2, 0.25) is 0 Å². The number of alkyl halides is 3. The number of carbonyl (C=O) groups is 2. The average Bonchev–Trinajstić information content (AvgIpc) is 3.36. The molecule has 1 amide bonds. The number of hydrogen-bond donors (Lipinski definition) is 1. The molecular formula is C19H27F3N4O5. The molecule has 0 radical (unpaired) electrons. The first-order valence-electron chi connectivity index (χ1n) is 10.2. The van der Waals surface area contributed by atoms with E-state index in [1.165, 1.54) is 5.56 Å². The maximum Gasteiger partial charge on any atom is 0.490 e. The van der Waals surface area contributed by atoms with Gasteiger partial charge in [0.15, 0.2) is 0 Å². The Bertz CT molecular complexity index is 766. The van der Waals surface area contributed by atoms with Gasteiger partial charge >= 0.3 is 12.1 Å². The van der Waals surface area contributed by atoms with Crippen LogP contribution >= 0.6 is 0 Å². The lowest BCUT2D eigenvalue weighted by Crippen LogP contribution is -2.53. The first-order chi connectivity index (χ1) is 14.6. The van der Waals surface area contributed by atoms with Crippen LogP contribution in [0.25, 0.3) is 0 Å². The molecule has 31 heavy (non-hydrogen) atoms. The topological polar surface area (TPSA) is 97.1 Å². The van der Waals surface area contributed by atoms with Crippen LogP contribution in [-0.2, 0) is 32.8 Å². The van der Waals surface area contributed by atoms with Gasteiger partial charge in [0.05, 0.1) is 24.8 Å². The molecule has 1 N–H and O–H groups in total. The van der Waals surface area contributed by atoms with Crippen molar-refractivity contribution < 1.29 is 37.4 Å². The van der Waals surface area contributed by atoms with E-state index < -0.39 is 12.1 Å². The minimum Gasteiger partial charge on any atom is -0.475 e. The first-order valence-corrected chi connectivity index (χ1v) is 10.2. The van der Waals surface area contributed by atoms with Crippen LogP contribution in [0.4, 0.5) is 13.2 Å². The van der Waals surface area contributed by atoms with Gasteiger partial charge in [-0.05, 0) is 19.3 Å². The van der Waals surface area contributed by atoms with Gasteiger partial charge in [-0.2, -0.15) is 18.3 Å². The Kier molecular flexibility index (Phi) is 7.55. The van der Waals surface area contributed by atoms with Gasteiger partial charge in [0.1, 0.15) is 0 Å². The minimum absolute atomic E-state index is 0.0268. The summed E-state index contributed by atoms with van der Waals surface area (Å²) in [5.74, 6) is -2.31. The number of carbonyl (C=O) groups excluding carboxylic acids is 1. The van der Waals surface area contributed by atoms with Crippen LogP contribution in [0.1, 0.15) is 24.8 Å². The minimum atomic E-state index is -5.08. The van der Waals surface area contributed by atoms with E-state index in [0.717, 1.165) is 52.0 Å². The normalized spacial score (nSPS) is 26.7. The van der Waals surface area contributed by atoms with Gasteiger partial charge in [-0.3, -0.25) is 19.2 Å². The second-order valence-corrected chi connectivity index (χ2v) is 7.97. The van der Waals surface area contributed by atoms with E-state index in [0.29, 0.717) is 12.5 Å². The number of nitrogens with zero attached hydrogens (tertiary/aromatic N) is 4. The number of aliphatic carboxylic acids is 1. The number of carboxylic acid groups (broad SMARTS) is 1. The Balaban J connectivity index is 0.000000339. The van der Waals surface area contributed by atoms with Gasteiger partial charge < -0.3 is 9.84 Å². The lowest BCUT2D eigenvalue weighted by Gasteiger charge is -2.41. The zero-order valence-electron chi connectivity index (χ0n) is 17.3. The van der Waals surface area contributed by atoms with Crippen LogP contribution in [0.15, 0.2) is 12.4 Å². The fourth-order valence-electron chi connectivity index (χ4n) is 4.21. The van der Waals surface area contributed by atoms with Crippen molar-refractivity contribution in [3.63, 3.8) is 0 Å². The van der Waals surface area contributed by atoms with E-state index in [-0.39, 0.29) is 17.9 Å². The summed E-state index contributed by atoms with van der Waals surface area (Å²) in [5, 5.41) is 13.0. The van der Waals surface area contributed by atoms with E-state index in [4.69, 9.17) is 19.5 Å². The molecule has 0 unspecified atom stereocenters. The number of ether oxygens (including phenoxy) is 1. The number of halogens is 3. The van der Waals surface area contributed by atoms with Gasteiger partial charge in [-0.15, -0.1) is 0 Å². The molecule has 1 aromatic heterocycles. The Labute approximate surface area is 177 Å². The number of aromatic nitrogens is 2. The molecule has 3 aliphatic rings. The fourth-order valence-corrected chi connectivity index (χ4v) is 4.21. The van der Waals surface area contributed by atoms with Crippen LogP contribution in [0, 0.1) is 11.8 Å². The smallest absolute Gasteiger partial charge is 0.475 e. The van der Waals surface area contributed by atoms with E-state index in [9.17, 15) is 18.0 Å². The zero-order valence-corrected chi connectivity index (χ0v) is 17.3. The molecule has 1 aromatic rings. The average molecular weight is 448 g/mol. The van der Waals surface area contributed by atoms with Crippen molar-refractivity contribution in [1.29, 1.82) is 0 Å². The third kappa shape index (κ3) is 6.17. The summed E-state index contributed by atoms with van der Waals surface area (Å²) in [6.07, 6.45) is 2.06. The number of piperidine rings is 1. The predicted molar refractivity (Wildman–Crippen MR) is 100 cm³/mol. The molecule has 174 valence electrons. The van der Waals surface area contributed by atoms with E-state index in [1.807, 2.05) is 24.1 Å². The van der Waals surface area contributed by atoms with Crippen LogP contribution in [0.5, 0.6) is 0 Å². The summed E-state index contributed by atoms with van der Waals surface area (Å²) in [4.78, 5) is 29.8. The highest BCUT2D eigenvalue weighted by Crippen LogP contribution is 2.35. The van der Waals surface area contributed by atoms with Crippen molar-refractivity contribution in [2.24, 2.45) is 18.9 Å². The maximum absolute atomic E-state index is 13.0. The molecule has 3 fully saturated rings. The van der Waals surface area contributed by atoms with Gasteiger partial charge in [-0.25, -0.2) is 9.86 Å². The third-order valence-electron chi connectivity index (χ3n) is 5.64. The second-order valence-electron chi connectivity index (χ2n) is 7.97. The van der Waals surface area contributed by atoms with Gasteiger partial charge in [-0.1, -0.05) is 0 Å². The summed E-state index contributed by atoms with van der Waals surface area (Å²) >= 11 is 0. The largest absolute Gasteiger partial charge is 0.490 e. The van der Waals surface area contributed by atoms with Crippen LogP contribution in [0.3, 0.4) is 0 Å². The standard InChI is InChI=1S/C17H26N4O3.C2HF3O2/c1-19-9-13(8-18-19)10-20-11-15(14-4-7-23-16(14)12-20)17(22)21-5-2-3-6-24-21;3-2(4,5)1(6)7/h8-9,14-16H,2-7,10-12H2,1H3;(H,6,7)/t14-,15-,16+;/m0./s1. The number of likely N-dealkylation sites (tertiary alicyclic amines) is 1. The SMILES string of the molecule is Cn1cc(CN2C[C@H](C(=O)N3CCCCO3)[C@@H]3CCO[C@@H]3C2)cn1.O=C(O)C(F)(F)F. The quantitative estimate of drug-likeness (QED) is 0.748. The number of rotatable bonds is 3. The molecule has 3 saturated heterocycles. The highest BCUT2D eigenvalue weighted by Gasteiger charge is 2.45. The lowest BCUT2D eigenvalue weighted by molar-refractivity contribution is -0.205. The lowest BCUT2D eigenvalue weighted by atomic mass is 9.82. The number of hydroxylamine groups is 2. The molecule has 4 heterocycles. The number of aryl methyl sites for hydroxylation is 1. The first kappa shape index (κ1) is 23.5. The Hall–Kier alpha value is -2.18. The molecule has 0 aromatic carbocycles. The summed E-state index contributed by atoms with van der Waals surface area (Å²) in [5.41, 5.74) is 1.18. The second kappa shape index (κ2) is 9.96. The molecule has 0 saturated carbocycles. The highest BCUT2D eigenvalue weighted by molar-refractivity contribution is 5.78. The summed E-state index contributed by atoms with van der Waals surface area (Å²) in [6.45, 7) is 4.62. The van der Waals surface area contributed by atoms with Gasteiger partial charge in [0, 0.05) is 57.5 Å². The van der Waals surface area contributed by atoms with E-state index in [2.05, 4.69) is 10.00 Å². The molecule has 0 aliphatic carbocycles. The molecule has 0 spiro atoms. The van der Waals surface area contributed by atoms with Crippen LogP contribution in [-0.4, -0.2) is 81.9 Å². The Morgan fingerprint density at radius 3 is 2.58 bits per heavy atom. The van der Waals surface area contributed by atoms with Crippen molar-refractivity contribution in [2.45, 2.75) is 38.1 Å². The van der Waals surface area contributed by atoms with Crippen LogP contribution < -0.4 is 0 Å². The van der Waals surface area contributed by atoms with Crippen molar-refractivity contribution in [1.82, 2.24) is 19.7 Å². The fraction of sp³-hybridized carbons (Fsp3) is 0.737. The molecule has 3 aliphatic heterocycles. The van der Waals surface area contributed by atoms with Crippen molar-refractivity contribution >= 4 is 11.9 Å². The number of hydrogen-bond acceptors (Lipinski definition) is 6. The predicted octanol–water partition coefficient (Wildman–Crippen LogP) is 1.44. The molecule has 12 heteroatoms. The molecular weight excluding hydrogens is 421 g/mol. The van der Waals surface area contributed by atoms with Crippen molar-refractivity contribution in [3.05, 3.63) is 18.0 Å². The Morgan fingerprint density at radius 2 is 2.00 bits per heavy atom. The highest BCUT2D eigenvalue weighted by atomic mass is 19.4. The molecule has 3 atom stereocenters. The molecule has 9 nitrogen and oxygen atoms in total. The maximum atomic E-state index is 13.0. The number of amides is 1. The van der Waals surface area contributed by atoms with E-state index >= 15 is 0 Å². The zero-order chi connectivity index (χ0) is 22.6. The Morgan fingerprint density at radius 1 is 1.26 bits per heavy atom. The third-order valence-corrected chi connectivity index (χ3v) is 5.64.